The molecule has 84 heavy (non-hydrogen) atoms. The predicted octanol–water partition coefficient (Wildman–Crippen LogP) is 16.4. The van der Waals surface area contributed by atoms with Crippen LogP contribution in [0.2, 0.25) is 0 Å². The van der Waals surface area contributed by atoms with Gasteiger partial charge in [-0.3, -0.25) is 4.98 Å². The highest BCUT2D eigenvalue weighted by Gasteiger charge is 2.19. The fourth-order valence-electron chi connectivity index (χ4n) is 8.86. The smallest absolute Gasteiger partial charge is 0.155 e. The Hall–Kier alpha value is -8.26. The van der Waals surface area contributed by atoms with Crippen LogP contribution in [0, 0.1) is 27.7 Å². The van der Waals surface area contributed by atoms with Crippen molar-refractivity contribution in [2.24, 2.45) is 0 Å². The maximum absolute atomic E-state index is 4.62. The first-order valence-corrected chi connectivity index (χ1v) is 29.0. The van der Waals surface area contributed by atoms with E-state index in [4.69, 9.17) is 0 Å². The molecule has 11 heterocycles. The van der Waals surface area contributed by atoms with E-state index >= 15 is 0 Å². The second kappa shape index (κ2) is 24.9. The minimum Gasteiger partial charge on any atom is -0.304 e. The molecule has 11 aromatic heterocycles. The zero-order chi connectivity index (χ0) is 61.7. The molecular weight excluding hydrogens is 1040 g/mol. The lowest BCUT2D eigenvalue weighted by molar-refractivity contribution is 0.571. The van der Waals surface area contributed by atoms with Crippen molar-refractivity contribution in [1.82, 2.24) is 67.9 Å². The summed E-state index contributed by atoms with van der Waals surface area (Å²) in [5.74, 6) is 0. The van der Waals surface area contributed by atoms with E-state index in [1.807, 2.05) is 56.1 Å². The highest BCUT2D eigenvalue weighted by molar-refractivity contribution is 5.82. The summed E-state index contributed by atoms with van der Waals surface area (Å²) in [4.78, 5) is 34.2. The van der Waals surface area contributed by atoms with Crippen molar-refractivity contribution in [1.29, 1.82) is 0 Å². The average Bonchev–Trinajstić information content (AvgIpc) is 3.62. The van der Waals surface area contributed by atoms with Crippen LogP contribution in [0.4, 0.5) is 0 Å². The molecule has 14 heteroatoms. The van der Waals surface area contributed by atoms with Crippen molar-refractivity contribution in [3.63, 3.8) is 0 Å². The van der Waals surface area contributed by atoms with Crippen LogP contribution in [0.5, 0.6) is 0 Å². The third-order valence-electron chi connectivity index (χ3n) is 14.7. The van der Waals surface area contributed by atoms with Gasteiger partial charge in [-0.1, -0.05) is 149 Å². The van der Waals surface area contributed by atoms with Crippen LogP contribution in [0.1, 0.15) is 181 Å². The van der Waals surface area contributed by atoms with Crippen molar-refractivity contribution in [2.45, 2.75) is 185 Å². The Bertz CT molecular complexity index is 3880. The van der Waals surface area contributed by atoms with Gasteiger partial charge in [0.05, 0.1) is 16.7 Å². The zero-order valence-electron chi connectivity index (χ0n) is 54.1. The van der Waals surface area contributed by atoms with E-state index in [9.17, 15) is 0 Å². The molecule has 0 saturated carbocycles. The summed E-state index contributed by atoms with van der Waals surface area (Å²) in [6.07, 6.45) is 18.7. The summed E-state index contributed by atoms with van der Waals surface area (Å²) >= 11 is 0. The van der Waals surface area contributed by atoms with E-state index in [0.29, 0.717) is 0 Å². The largest absolute Gasteiger partial charge is 0.304 e. The Morgan fingerprint density at radius 3 is 1.37 bits per heavy atom. The molecule has 0 aliphatic carbocycles. The molecule has 1 aromatic carbocycles. The van der Waals surface area contributed by atoms with Crippen LogP contribution in [0.15, 0.2) is 147 Å². The second-order valence-electron chi connectivity index (χ2n) is 27.9. The molecule has 12 rings (SSSR count). The van der Waals surface area contributed by atoms with Gasteiger partial charge in [0.2, 0.25) is 0 Å². The van der Waals surface area contributed by atoms with Crippen LogP contribution in [-0.4, -0.2) is 67.9 Å². The number of hydrogen-bond donors (Lipinski definition) is 0. The van der Waals surface area contributed by atoms with E-state index < -0.39 is 0 Å². The van der Waals surface area contributed by atoms with Crippen LogP contribution < -0.4 is 0 Å². The number of nitrogens with zero attached hydrogens (tertiary/aromatic N) is 14. The topological polar surface area (TPSA) is 147 Å². The molecule has 0 amide bonds. The number of aryl methyl sites for hydroxylation is 4. The molecule has 12 aromatic rings. The first kappa shape index (κ1) is 63.3. The fraction of sp³-hybridized carbons (Fsp3) is 0.400. The van der Waals surface area contributed by atoms with Gasteiger partial charge >= 0.3 is 0 Å². The Morgan fingerprint density at radius 1 is 0.357 bits per heavy atom. The normalized spacial score (nSPS) is 12.2. The van der Waals surface area contributed by atoms with Crippen molar-refractivity contribution < 1.29 is 0 Å². The van der Waals surface area contributed by atoms with E-state index in [0.717, 1.165) is 50.5 Å². The van der Waals surface area contributed by atoms with Gasteiger partial charge in [0, 0.05) is 71.3 Å². The second-order valence-corrected chi connectivity index (χ2v) is 27.9. The first-order valence-electron chi connectivity index (χ1n) is 29.0. The summed E-state index contributed by atoms with van der Waals surface area (Å²) in [7, 11) is 0. The Labute approximate surface area is 498 Å². The number of pyridine rings is 6. The molecular formula is C70H90N14. The minimum absolute atomic E-state index is 0.0659. The van der Waals surface area contributed by atoms with Gasteiger partial charge < -0.3 is 8.80 Å². The van der Waals surface area contributed by atoms with Crippen LogP contribution in [0.25, 0.3) is 44.5 Å². The van der Waals surface area contributed by atoms with Gasteiger partial charge in [0.15, 0.2) is 11.3 Å². The van der Waals surface area contributed by atoms with Gasteiger partial charge in [-0.05, 0) is 149 Å². The summed E-state index contributed by atoms with van der Waals surface area (Å²) in [6, 6.07) is 29.4. The van der Waals surface area contributed by atoms with Crippen molar-refractivity contribution >= 4 is 44.5 Å². The predicted molar refractivity (Wildman–Crippen MR) is 347 cm³/mol. The SMILES string of the molecule is CC(C)(C)c1ccc2ncnn2c1.CC(C)(C)c1ccn2ncnc2c1.Cc1ccnc2ccc(C(C)(C)C)cc12.Cc1cnc2ccc(C(C)(C)C)cn12.Cc1cnc2ccc(C(C)(C)C)cn12.Cc1ncnc2ccc(C(C)(C)C)nc12. The summed E-state index contributed by atoms with van der Waals surface area (Å²) in [5.41, 5.74) is 20.1. The minimum atomic E-state index is 0.0659. The number of fused-ring (bicyclic) bond motifs is 6. The quantitative estimate of drug-likeness (QED) is 0.144. The van der Waals surface area contributed by atoms with E-state index in [-0.39, 0.29) is 32.5 Å². The van der Waals surface area contributed by atoms with Crippen LogP contribution in [0.3, 0.4) is 0 Å². The van der Waals surface area contributed by atoms with Crippen LogP contribution >= 0.6 is 0 Å². The van der Waals surface area contributed by atoms with E-state index in [1.54, 1.807) is 28.0 Å². The van der Waals surface area contributed by atoms with Crippen LogP contribution in [-0.2, 0) is 32.5 Å². The molecule has 440 valence electrons. The van der Waals surface area contributed by atoms with Gasteiger partial charge in [-0.2, -0.15) is 10.2 Å². The molecule has 0 aliphatic rings. The molecule has 0 unspecified atom stereocenters. The average molecular weight is 1130 g/mol. The third-order valence-corrected chi connectivity index (χ3v) is 14.7. The highest BCUT2D eigenvalue weighted by atomic mass is 15.3. The molecule has 14 nitrogen and oxygen atoms in total. The van der Waals surface area contributed by atoms with Gasteiger partial charge in [-0.15, -0.1) is 0 Å². The Balaban J connectivity index is 0.000000145. The lowest BCUT2D eigenvalue weighted by Gasteiger charge is -2.19. The monoisotopic (exact) mass is 1130 g/mol. The molecule has 0 spiro atoms. The number of benzene rings is 1. The lowest BCUT2D eigenvalue weighted by Crippen LogP contribution is -2.13. The molecule has 0 atom stereocenters. The Kier molecular flexibility index (Phi) is 18.8. The van der Waals surface area contributed by atoms with Gasteiger partial charge in [-0.25, -0.2) is 43.9 Å². The number of hydrogen-bond acceptors (Lipinski definition) is 10. The maximum atomic E-state index is 4.62. The maximum Gasteiger partial charge on any atom is 0.155 e. The zero-order valence-corrected chi connectivity index (χ0v) is 54.1. The third kappa shape index (κ3) is 16.1. The fourth-order valence-corrected chi connectivity index (χ4v) is 8.86. The van der Waals surface area contributed by atoms with Crippen molar-refractivity contribution in [3.8, 4) is 0 Å². The highest BCUT2D eigenvalue weighted by Crippen LogP contribution is 2.29. The number of aromatic nitrogens is 14. The number of imidazole rings is 2. The van der Waals surface area contributed by atoms with E-state index in [2.05, 4.69) is 283 Å². The standard InChI is InChI=1S/C14H17N.C12H15N3.2C12H16N2.2C10H13N3/c1-10-7-8-15-13-6-5-11(9-12(10)13)14(2,3)4;1-8-11-9(14-7-13-8)5-6-10(15-11)12(2,3)4;2*1-9-7-13-11-6-5-10(8-14(9)11)12(2,3)4;1-10(2,3)8-4-5-13-9(6-8)11-7-12-13;1-10(2,3)8-4-5-9-11-7-12-13(9)6-8/h5-9H,1-4H3;5-7H,1-4H3;2*5-8H,1-4H3;2*4-7H,1-3H3. The molecule has 0 fully saturated rings. The molecule has 0 aliphatic heterocycles. The molecule has 0 bridgehead atoms. The van der Waals surface area contributed by atoms with Crippen molar-refractivity contribution in [2.75, 3.05) is 0 Å². The van der Waals surface area contributed by atoms with Crippen molar-refractivity contribution in [3.05, 3.63) is 203 Å². The summed E-state index contributed by atoms with van der Waals surface area (Å²) in [6.45, 7) is 47.9. The van der Waals surface area contributed by atoms with Gasteiger partial charge in [0.1, 0.15) is 35.8 Å². The lowest BCUT2D eigenvalue weighted by atomic mass is 9.86. The Morgan fingerprint density at radius 2 is 0.833 bits per heavy atom. The summed E-state index contributed by atoms with van der Waals surface area (Å²) in [5, 5.41) is 9.41. The molecule has 0 saturated heterocycles. The van der Waals surface area contributed by atoms with Gasteiger partial charge in [0.25, 0.3) is 0 Å². The van der Waals surface area contributed by atoms with E-state index in [1.165, 1.54) is 50.2 Å². The molecule has 0 N–H and O–H groups in total. The number of rotatable bonds is 0. The summed E-state index contributed by atoms with van der Waals surface area (Å²) < 4.78 is 7.86. The first-order chi connectivity index (χ1) is 39.1. The molecule has 0 radical (unpaired) electrons.